The number of aromatic nitrogens is 3. The molecule has 2 aromatic heterocycles. The molecule has 0 saturated carbocycles. The minimum absolute atomic E-state index is 0.447. The van der Waals surface area contributed by atoms with Crippen LogP contribution in [0.2, 0.25) is 0 Å². The second-order valence-electron chi connectivity index (χ2n) is 3.89. The highest BCUT2D eigenvalue weighted by molar-refractivity contribution is 9.10. The number of nitrogens with two attached hydrogens (primary N) is 2. The zero-order valence-corrected chi connectivity index (χ0v) is 10.9. The number of nitrogens with one attached hydrogen (secondary N) is 1. The van der Waals surface area contributed by atoms with Gasteiger partial charge >= 0.3 is 0 Å². The van der Waals surface area contributed by atoms with Gasteiger partial charge in [0.25, 0.3) is 0 Å². The predicted molar refractivity (Wildman–Crippen MR) is 75.8 cm³/mol. The SMILES string of the molecule is Nc1ccc2[nH]c(-c3cccc(Br)c3N)nc2n1. The number of H-pyrrole nitrogens is 1. The van der Waals surface area contributed by atoms with Gasteiger partial charge in [0.2, 0.25) is 0 Å². The zero-order chi connectivity index (χ0) is 12.7. The number of nitrogen functional groups attached to an aromatic ring is 2. The van der Waals surface area contributed by atoms with E-state index in [1.54, 1.807) is 6.07 Å². The molecule has 5 nitrogen and oxygen atoms in total. The summed E-state index contributed by atoms with van der Waals surface area (Å²) in [5.41, 5.74) is 14.5. The summed E-state index contributed by atoms with van der Waals surface area (Å²) in [6, 6.07) is 9.28. The Hall–Kier alpha value is -2.08. The van der Waals surface area contributed by atoms with Crippen LogP contribution in [-0.4, -0.2) is 15.0 Å². The molecule has 1 aromatic carbocycles. The number of rotatable bonds is 1. The van der Waals surface area contributed by atoms with Gasteiger partial charge in [-0.2, -0.15) is 0 Å². The molecule has 0 saturated heterocycles. The molecule has 18 heavy (non-hydrogen) atoms. The second-order valence-corrected chi connectivity index (χ2v) is 4.75. The van der Waals surface area contributed by atoms with Crippen LogP contribution in [0.25, 0.3) is 22.6 Å². The molecule has 3 aromatic rings. The van der Waals surface area contributed by atoms with Crippen molar-refractivity contribution in [1.82, 2.24) is 15.0 Å². The van der Waals surface area contributed by atoms with Gasteiger partial charge in [-0.05, 0) is 40.2 Å². The third-order valence-corrected chi connectivity index (χ3v) is 3.37. The van der Waals surface area contributed by atoms with E-state index >= 15 is 0 Å². The van der Waals surface area contributed by atoms with Gasteiger partial charge in [-0.25, -0.2) is 9.97 Å². The van der Waals surface area contributed by atoms with E-state index in [0.717, 1.165) is 15.6 Å². The molecule has 0 radical (unpaired) electrons. The highest BCUT2D eigenvalue weighted by atomic mass is 79.9. The number of hydrogen-bond donors (Lipinski definition) is 3. The van der Waals surface area contributed by atoms with E-state index in [9.17, 15) is 0 Å². The first-order valence-corrected chi connectivity index (χ1v) is 6.11. The Bertz CT molecular complexity index is 734. The van der Waals surface area contributed by atoms with Gasteiger partial charge in [0.1, 0.15) is 11.6 Å². The van der Waals surface area contributed by atoms with E-state index in [-0.39, 0.29) is 0 Å². The van der Waals surface area contributed by atoms with Crippen LogP contribution in [0.1, 0.15) is 0 Å². The molecule has 0 aliphatic carbocycles. The monoisotopic (exact) mass is 303 g/mol. The van der Waals surface area contributed by atoms with Crippen molar-refractivity contribution in [3.63, 3.8) is 0 Å². The fourth-order valence-corrected chi connectivity index (χ4v) is 2.14. The minimum Gasteiger partial charge on any atom is -0.397 e. The number of hydrogen-bond acceptors (Lipinski definition) is 4. The number of pyridine rings is 1. The third kappa shape index (κ3) is 1.70. The normalized spacial score (nSPS) is 10.9. The average molecular weight is 304 g/mol. The topological polar surface area (TPSA) is 93.6 Å². The molecule has 3 rings (SSSR count). The van der Waals surface area contributed by atoms with E-state index in [1.807, 2.05) is 24.3 Å². The summed E-state index contributed by atoms with van der Waals surface area (Å²) in [4.78, 5) is 11.7. The summed E-state index contributed by atoms with van der Waals surface area (Å²) < 4.78 is 0.841. The fourth-order valence-electron chi connectivity index (χ4n) is 1.78. The van der Waals surface area contributed by atoms with E-state index in [1.165, 1.54) is 0 Å². The van der Waals surface area contributed by atoms with Crippen molar-refractivity contribution in [1.29, 1.82) is 0 Å². The van der Waals surface area contributed by atoms with Crippen LogP contribution in [0.15, 0.2) is 34.8 Å². The number of para-hydroxylation sites is 1. The Labute approximate surface area is 111 Å². The quantitative estimate of drug-likeness (QED) is 0.602. The predicted octanol–water partition coefficient (Wildman–Crippen LogP) is 2.55. The lowest BCUT2D eigenvalue weighted by Crippen LogP contribution is -1.92. The van der Waals surface area contributed by atoms with Crippen molar-refractivity contribution in [2.75, 3.05) is 11.5 Å². The first-order valence-electron chi connectivity index (χ1n) is 5.32. The Balaban J connectivity index is 2.22. The molecule has 6 heteroatoms. The lowest BCUT2D eigenvalue weighted by molar-refractivity contribution is 1.30. The van der Waals surface area contributed by atoms with E-state index in [4.69, 9.17) is 11.5 Å². The molecule has 0 atom stereocenters. The maximum atomic E-state index is 6.01. The van der Waals surface area contributed by atoms with Crippen molar-refractivity contribution in [3.05, 3.63) is 34.8 Å². The molecule has 0 aliphatic heterocycles. The fraction of sp³-hybridized carbons (Fsp3) is 0. The molecular formula is C12H10BrN5. The molecule has 5 N–H and O–H groups in total. The molecule has 0 amide bonds. The van der Waals surface area contributed by atoms with Crippen LogP contribution in [-0.2, 0) is 0 Å². The molecule has 0 fully saturated rings. The van der Waals surface area contributed by atoms with Crippen LogP contribution in [0.4, 0.5) is 11.5 Å². The molecule has 0 aliphatic rings. The maximum Gasteiger partial charge on any atom is 0.180 e. The van der Waals surface area contributed by atoms with Gasteiger partial charge < -0.3 is 16.5 Å². The number of halogens is 1. The van der Waals surface area contributed by atoms with E-state index in [2.05, 4.69) is 30.9 Å². The largest absolute Gasteiger partial charge is 0.397 e. The number of aromatic amines is 1. The first kappa shape index (κ1) is 11.0. The molecule has 90 valence electrons. The molecule has 0 spiro atoms. The van der Waals surface area contributed by atoms with Crippen LogP contribution in [0.3, 0.4) is 0 Å². The summed E-state index contributed by atoms with van der Waals surface area (Å²) in [5.74, 6) is 1.13. The maximum absolute atomic E-state index is 6.01. The van der Waals surface area contributed by atoms with Crippen molar-refractivity contribution >= 4 is 38.6 Å². The molecular weight excluding hydrogens is 294 g/mol. The number of fused-ring (bicyclic) bond motifs is 1. The Morgan fingerprint density at radius 2 is 1.89 bits per heavy atom. The van der Waals surface area contributed by atoms with Crippen LogP contribution in [0.5, 0.6) is 0 Å². The van der Waals surface area contributed by atoms with E-state index in [0.29, 0.717) is 23.0 Å². The zero-order valence-electron chi connectivity index (χ0n) is 9.31. The number of benzene rings is 1. The first-order chi connectivity index (χ1) is 8.65. The smallest absolute Gasteiger partial charge is 0.180 e. The minimum atomic E-state index is 0.447. The third-order valence-electron chi connectivity index (χ3n) is 2.68. The lowest BCUT2D eigenvalue weighted by atomic mass is 10.2. The Morgan fingerprint density at radius 3 is 2.72 bits per heavy atom. The summed E-state index contributed by atoms with van der Waals surface area (Å²) in [7, 11) is 0. The molecule has 2 heterocycles. The highest BCUT2D eigenvalue weighted by Crippen LogP contribution is 2.30. The highest BCUT2D eigenvalue weighted by Gasteiger charge is 2.10. The second kappa shape index (κ2) is 3.99. The Kier molecular flexibility index (Phi) is 2.45. The summed E-state index contributed by atoms with van der Waals surface area (Å²) in [6.07, 6.45) is 0. The summed E-state index contributed by atoms with van der Waals surface area (Å²) in [5, 5.41) is 0. The van der Waals surface area contributed by atoms with Gasteiger partial charge in [-0.1, -0.05) is 6.07 Å². The number of anilines is 2. The van der Waals surface area contributed by atoms with Crippen molar-refractivity contribution in [3.8, 4) is 11.4 Å². The average Bonchev–Trinajstić information content (AvgIpc) is 2.75. The summed E-state index contributed by atoms with van der Waals surface area (Å²) in [6.45, 7) is 0. The van der Waals surface area contributed by atoms with Crippen LogP contribution < -0.4 is 11.5 Å². The van der Waals surface area contributed by atoms with Gasteiger partial charge in [0, 0.05) is 10.0 Å². The Morgan fingerprint density at radius 1 is 1.06 bits per heavy atom. The van der Waals surface area contributed by atoms with Crippen molar-refractivity contribution < 1.29 is 0 Å². The van der Waals surface area contributed by atoms with Gasteiger partial charge in [-0.15, -0.1) is 0 Å². The van der Waals surface area contributed by atoms with Crippen molar-refractivity contribution in [2.45, 2.75) is 0 Å². The van der Waals surface area contributed by atoms with Crippen molar-refractivity contribution in [2.24, 2.45) is 0 Å². The van der Waals surface area contributed by atoms with Crippen LogP contribution >= 0.6 is 15.9 Å². The number of imidazole rings is 1. The standard InChI is InChI=1S/C12H10BrN5/c13-7-3-1-2-6(10(7)15)11-16-8-4-5-9(14)17-12(8)18-11/h1-5H,15H2,(H3,14,16,17,18). The summed E-state index contributed by atoms with van der Waals surface area (Å²) >= 11 is 3.40. The number of nitrogens with zero attached hydrogens (tertiary/aromatic N) is 2. The molecule has 0 unspecified atom stereocenters. The van der Waals surface area contributed by atoms with Gasteiger partial charge in [0.15, 0.2) is 5.65 Å². The van der Waals surface area contributed by atoms with Gasteiger partial charge in [-0.3, -0.25) is 0 Å². The van der Waals surface area contributed by atoms with Gasteiger partial charge in [0.05, 0.1) is 11.2 Å². The van der Waals surface area contributed by atoms with E-state index < -0.39 is 0 Å². The lowest BCUT2D eigenvalue weighted by Gasteiger charge is -2.03. The molecule has 0 bridgehead atoms. The van der Waals surface area contributed by atoms with Crippen LogP contribution in [0, 0.1) is 0 Å².